The highest BCUT2D eigenvalue weighted by atomic mass is 16.5. The zero-order valence-electron chi connectivity index (χ0n) is 13.1. The van der Waals surface area contributed by atoms with Crippen molar-refractivity contribution in [1.82, 2.24) is 9.97 Å². The lowest BCUT2D eigenvalue weighted by Crippen LogP contribution is -2.18. The Kier molecular flexibility index (Phi) is 4.94. The third-order valence-electron chi connectivity index (χ3n) is 4.69. The summed E-state index contributed by atoms with van der Waals surface area (Å²) in [7, 11) is 0. The summed E-state index contributed by atoms with van der Waals surface area (Å²) in [6.07, 6.45) is 11.6. The van der Waals surface area contributed by atoms with E-state index >= 15 is 0 Å². The van der Waals surface area contributed by atoms with Gasteiger partial charge in [-0.3, -0.25) is 0 Å². The van der Waals surface area contributed by atoms with Crippen LogP contribution in [-0.4, -0.2) is 22.6 Å². The lowest BCUT2D eigenvalue weighted by atomic mass is 9.89. The van der Waals surface area contributed by atoms with Crippen LogP contribution >= 0.6 is 0 Å². The van der Waals surface area contributed by atoms with E-state index in [-0.39, 0.29) is 0 Å². The Hall–Kier alpha value is -1.32. The molecule has 2 fully saturated rings. The molecule has 0 bridgehead atoms. The maximum absolute atomic E-state index is 5.65. The minimum absolute atomic E-state index is 0.517. The Morgan fingerprint density at radius 2 is 1.76 bits per heavy atom. The summed E-state index contributed by atoms with van der Waals surface area (Å²) in [6.45, 7) is 2.66. The fraction of sp³-hybridized carbons (Fsp3) is 0.765. The van der Waals surface area contributed by atoms with Crippen LogP contribution in [0.15, 0.2) is 6.07 Å². The van der Waals surface area contributed by atoms with Crippen LogP contribution < -0.4 is 10.1 Å². The molecule has 2 aliphatic rings. The Morgan fingerprint density at radius 3 is 2.48 bits per heavy atom. The normalized spacial score (nSPS) is 20.6. The number of aromatic nitrogens is 2. The molecule has 0 aliphatic heterocycles. The largest absolute Gasteiger partial charge is 0.478 e. The molecule has 4 heteroatoms. The molecule has 0 atom stereocenters. The summed E-state index contributed by atoms with van der Waals surface area (Å²) < 4.78 is 5.65. The van der Waals surface area contributed by atoms with E-state index in [9.17, 15) is 0 Å². The van der Waals surface area contributed by atoms with Crippen molar-refractivity contribution in [2.75, 3.05) is 11.9 Å². The fourth-order valence-corrected chi connectivity index (χ4v) is 3.56. The van der Waals surface area contributed by atoms with Gasteiger partial charge in [0, 0.05) is 18.0 Å². The third-order valence-corrected chi connectivity index (χ3v) is 4.69. The SMILES string of the molecule is CCOc1cc(NC2CCCC2)nc(C2CCCCC2)n1. The van der Waals surface area contributed by atoms with E-state index < -0.39 is 0 Å². The van der Waals surface area contributed by atoms with Gasteiger partial charge in [-0.15, -0.1) is 0 Å². The molecule has 1 aromatic rings. The lowest BCUT2D eigenvalue weighted by molar-refractivity contribution is 0.321. The molecule has 0 amide bonds. The maximum Gasteiger partial charge on any atom is 0.218 e. The number of rotatable bonds is 5. The van der Waals surface area contributed by atoms with Gasteiger partial charge in [0.1, 0.15) is 11.6 Å². The molecule has 0 spiro atoms. The highest BCUT2D eigenvalue weighted by Crippen LogP contribution is 2.32. The van der Waals surface area contributed by atoms with E-state index in [4.69, 9.17) is 9.72 Å². The van der Waals surface area contributed by atoms with Gasteiger partial charge in [-0.1, -0.05) is 32.1 Å². The van der Waals surface area contributed by atoms with Crippen LogP contribution in [-0.2, 0) is 0 Å². The van der Waals surface area contributed by atoms with Gasteiger partial charge in [-0.25, -0.2) is 4.98 Å². The quantitative estimate of drug-likeness (QED) is 0.879. The van der Waals surface area contributed by atoms with Gasteiger partial charge in [0.2, 0.25) is 5.88 Å². The smallest absolute Gasteiger partial charge is 0.218 e. The molecule has 0 radical (unpaired) electrons. The van der Waals surface area contributed by atoms with E-state index in [1.54, 1.807) is 0 Å². The second-order valence-corrected chi connectivity index (χ2v) is 6.34. The number of ether oxygens (including phenoxy) is 1. The van der Waals surface area contributed by atoms with Crippen LogP contribution in [0, 0.1) is 0 Å². The zero-order valence-corrected chi connectivity index (χ0v) is 13.1. The van der Waals surface area contributed by atoms with Gasteiger partial charge >= 0.3 is 0 Å². The van der Waals surface area contributed by atoms with E-state index in [0.717, 1.165) is 17.5 Å². The van der Waals surface area contributed by atoms with E-state index in [1.165, 1.54) is 57.8 Å². The number of anilines is 1. The number of nitrogens with zero attached hydrogens (tertiary/aromatic N) is 2. The molecule has 3 rings (SSSR count). The van der Waals surface area contributed by atoms with Crippen molar-refractivity contribution in [2.45, 2.75) is 76.7 Å². The van der Waals surface area contributed by atoms with Crippen molar-refractivity contribution in [1.29, 1.82) is 0 Å². The molecule has 0 unspecified atom stereocenters. The molecule has 1 heterocycles. The first-order chi connectivity index (χ1) is 10.3. The predicted octanol–water partition coefficient (Wildman–Crippen LogP) is 4.28. The summed E-state index contributed by atoms with van der Waals surface area (Å²) in [4.78, 5) is 9.45. The van der Waals surface area contributed by atoms with Crippen molar-refractivity contribution < 1.29 is 4.74 Å². The molecule has 0 saturated heterocycles. The maximum atomic E-state index is 5.65. The van der Waals surface area contributed by atoms with Gasteiger partial charge in [0.05, 0.1) is 6.61 Å². The summed E-state index contributed by atoms with van der Waals surface area (Å²) in [5.74, 6) is 3.19. The van der Waals surface area contributed by atoms with Crippen LogP contribution in [0.2, 0.25) is 0 Å². The van der Waals surface area contributed by atoms with Crippen LogP contribution in [0.3, 0.4) is 0 Å². The topological polar surface area (TPSA) is 47.0 Å². The molecule has 1 N–H and O–H groups in total. The average molecular weight is 289 g/mol. The van der Waals surface area contributed by atoms with Crippen LogP contribution in [0.4, 0.5) is 5.82 Å². The summed E-state index contributed by atoms with van der Waals surface area (Å²) in [5.41, 5.74) is 0. The molecule has 1 aromatic heterocycles. The van der Waals surface area contributed by atoms with Crippen molar-refractivity contribution in [2.24, 2.45) is 0 Å². The highest BCUT2D eigenvalue weighted by molar-refractivity contribution is 5.40. The Labute approximate surface area is 127 Å². The molecule has 2 saturated carbocycles. The first-order valence-electron chi connectivity index (χ1n) is 8.63. The molecular formula is C17H27N3O. The monoisotopic (exact) mass is 289 g/mol. The minimum Gasteiger partial charge on any atom is -0.478 e. The number of hydrogen-bond acceptors (Lipinski definition) is 4. The van der Waals surface area contributed by atoms with Crippen molar-refractivity contribution in [3.8, 4) is 5.88 Å². The first-order valence-corrected chi connectivity index (χ1v) is 8.63. The van der Waals surface area contributed by atoms with Gasteiger partial charge in [-0.2, -0.15) is 4.98 Å². The molecule has 4 nitrogen and oxygen atoms in total. The molecular weight excluding hydrogens is 262 g/mol. The second kappa shape index (κ2) is 7.10. The number of nitrogens with one attached hydrogen (secondary N) is 1. The van der Waals surface area contributed by atoms with E-state index in [0.29, 0.717) is 18.6 Å². The molecule has 21 heavy (non-hydrogen) atoms. The number of hydrogen-bond donors (Lipinski definition) is 1. The van der Waals surface area contributed by atoms with Gasteiger partial charge in [0.15, 0.2) is 0 Å². The van der Waals surface area contributed by atoms with Gasteiger partial charge < -0.3 is 10.1 Å². The Morgan fingerprint density at radius 1 is 1.05 bits per heavy atom. The van der Waals surface area contributed by atoms with E-state index in [2.05, 4.69) is 10.3 Å². The van der Waals surface area contributed by atoms with Gasteiger partial charge in [-0.05, 0) is 32.6 Å². The van der Waals surface area contributed by atoms with Gasteiger partial charge in [0.25, 0.3) is 0 Å². The second-order valence-electron chi connectivity index (χ2n) is 6.34. The highest BCUT2D eigenvalue weighted by Gasteiger charge is 2.21. The van der Waals surface area contributed by atoms with Crippen LogP contribution in [0.5, 0.6) is 5.88 Å². The standard InChI is InChI=1S/C17H27N3O/c1-2-21-16-12-15(18-14-10-6-7-11-14)19-17(20-16)13-8-4-3-5-9-13/h12-14H,2-11H2,1H3,(H,18,19,20). The third kappa shape index (κ3) is 3.86. The summed E-state index contributed by atoms with van der Waals surface area (Å²) >= 11 is 0. The first kappa shape index (κ1) is 14.6. The minimum atomic E-state index is 0.517. The predicted molar refractivity (Wildman–Crippen MR) is 84.9 cm³/mol. The summed E-state index contributed by atoms with van der Waals surface area (Å²) in [5, 5.41) is 3.59. The van der Waals surface area contributed by atoms with E-state index in [1.807, 2.05) is 13.0 Å². The lowest BCUT2D eigenvalue weighted by Gasteiger charge is -2.22. The zero-order chi connectivity index (χ0) is 14.5. The fourth-order valence-electron chi connectivity index (χ4n) is 3.56. The van der Waals surface area contributed by atoms with Crippen LogP contribution in [0.1, 0.15) is 76.5 Å². The van der Waals surface area contributed by atoms with Crippen LogP contribution in [0.25, 0.3) is 0 Å². The molecule has 116 valence electrons. The average Bonchev–Trinajstić information content (AvgIpc) is 3.01. The van der Waals surface area contributed by atoms with Crippen molar-refractivity contribution >= 4 is 5.82 Å². The summed E-state index contributed by atoms with van der Waals surface area (Å²) in [6, 6.07) is 2.54. The Balaban J connectivity index is 1.78. The molecule has 0 aromatic carbocycles. The van der Waals surface area contributed by atoms with Crippen molar-refractivity contribution in [3.63, 3.8) is 0 Å². The van der Waals surface area contributed by atoms with Crippen molar-refractivity contribution in [3.05, 3.63) is 11.9 Å². The Bertz CT molecular complexity index is 451. The molecule has 2 aliphatic carbocycles.